The predicted octanol–water partition coefficient (Wildman–Crippen LogP) is 2.48. The third kappa shape index (κ3) is 2.43. The van der Waals surface area contributed by atoms with Gasteiger partial charge in [-0.1, -0.05) is 0 Å². The minimum Gasteiger partial charge on any atom is -0.369 e. The number of nitrogens with zero attached hydrogens (tertiary/aromatic N) is 1. The Labute approximate surface area is 106 Å². The van der Waals surface area contributed by atoms with Gasteiger partial charge in [0.2, 0.25) is 0 Å². The van der Waals surface area contributed by atoms with Gasteiger partial charge in [-0.25, -0.2) is 4.39 Å². The largest absolute Gasteiger partial charge is 0.369 e. The van der Waals surface area contributed by atoms with E-state index in [-0.39, 0.29) is 5.82 Å². The van der Waals surface area contributed by atoms with Crippen LogP contribution in [0.4, 0.5) is 10.1 Å². The summed E-state index contributed by atoms with van der Waals surface area (Å²) >= 11 is 1.90. The summed E-state index contributed by atoms with van der Waals surface area (Å²) in [6, 6.07) is 6.95. The third-order valence-electron chi connectivity index (χ3n) is 3.68. The highest BCUT2D eigenvalue weighted by molar-refractivity contribution is 8.00. The Balaban J connectivity index is 2.17. The number of halogens is 1. The fourth-order valence-electron chi connectivity index (χ4n) is 2.38. The Kier molecular flexibility index (Phi) is 3.64. The van der Waals surface area contributed by atoms with E-state index in [4.69, 9.17) is 5.73 Å². The van der Waals surface area contributed by atoms with Crippen LogP contribution in [0.25, 0.3) is 0 Å². The molecule has 0 heterocycles. The molecule has 1 fully saturated rings. The maximum atomic E-state index is 12.9. The molecular weight excluding hydrogens is 235 g/mol. The molecule has 0 spiro atoms. The quantitative estimate of drug-likeness (QED) is 0.875. The summed E-state index contributed by atoms with van der Waals surface area (Å²) in [6.07, 6.45) is 4.59. The van der Waals surface area contributed by atoms with Gasteiger partial charge < -0.3 is 10.6 Å². The summed E-state index contributed by atoms with van der Waals surface area (Å²) in [5.41, 5.74) is 6.94. The molecule has 0 aromatic heterocycles. The molecule has 94 valence electrons. The van der Waals surface area contributed by atoms with E-state index in [0.717, 1.165) is 5.69 Å². The summed E-state index contributed by atoms with van der Waals surface area (Å²) in [6.45, 7) is 0.634. The van der Waals surface area contributed by atoms with Gasteiger partial charge >= 0.3 is 0 Å². The summed E-state index contributed by atoms with van der Waals surface area (Å²) in [4.78, 5) is 2.18. The molecule has 2 rings (SSSR count). The van der Waals surface area contributed by atoms with Crippen molar-refractivity contribution in [2.24, 2.45) is 5.73 Å². The van der Waals surface area contributed by atoms with E-state index in [1.807, 2.05) is 30.9 Å². The maximum absolute atomic E-state index is 12.9. The first kappa shape index (κ1) is 12.7. The van der Waals surface area contributed by atoms with Crippen LogP contribution in [0.15, 0.2) is 24.3 Å². The monoisotopic (exact) mass is 254 g/mol. The van der Waals surface area contributed by atoms with E-state index in [0.29, 0.717) is 17.3 Å². The van der Waals surface area contributed by atoms with Gasteiger partial charge in [-0.15, -0.1) is 0 Å². The molecule has 1 aromatic rings. The zero-order chi connectivity index (χ0) is 12.5. The van der Waals surface area contributed by atoms with Gasteiger partial charge in [0.05, 0.1) is 6.04 Å². The number of hydrogen-bond donors (Lipinski definition) is 1. The molecule has 1 aromatic carbocycles. The Morgan fingerprint density at radius 3 is 2.41 bits per heavy atom. The molecule has 2 N–H and O–H groups in total. The number of hydrogen-bond acceptors (Lipinski definition) is 3. The molecule has 1 aliphatic rings. The van der Waals surface area contributed by atoms with E-state index >= 15 is 0 Å². The second-order valence-corrected chi connectivity index (χ2v) is 5.83. The van der Waals surface area contributed by atoms with E-state index in [1.54, 1.807) is 0 Å². The van der Waals surface area contributed by atoms with Crippen LogP contribution in [0, 0.1) is 5.82 Å². The number of benzene rings is 1. The smallest absolute Gasteiger partial charge is 0.123 e. The molecule has 17 heavy (non-hydrogen) atoms. The van der Waals surface area contributed by atoms with E-state index in [1.165, 1.54) is 25.0 Å². The molecule has 0 amide bonds. The summed E-state index contributed by atoms with van der Waals surface area (Å²) < 4.78 is 13.2. The van der Waals surface area contributed by atoms with E-state index in [2.05, 4.69) is 11.2 Å². The molecule has 0 radical (unpaired) electrons. The van der Waals surface area contributed by atoms with Gasteiger partial charge in [-0.2, -0.15) is 11.8 Å². The van der Waals surface area contributed by atoms with Crippen molar-refractivity contribution in [2.45, 2.75) is 23.6 Å². The highest BCUT2D eigenvalue weighted by atomic mass is 32.2. The molecule has 0 bridgehead atoms. The molecule has 0 saturated heterocycles. The number of likely N-dealkylation sites (N-methyl/N-ethyl adjacent to an activating group) is 1. The SMILES string of the molecule is CSC1(C(CN)N(C)c2ccc(F)cc2)CC1. The topological polar surface area (TPSA) is 29.3 Å². The van der Waals surface area contributed by atoms with Crippen LogP contribution in [-0.4, -0.2) is 30.6 Å². The van der Waals surface area contributed by atoms with Crippen LogP contribution in [-0.2, 0) is 0 Å². The van der Waals surface area contributed by atoms with Crippen LogP contribution in [0.3, 0.4) is 0 Å². The predicted molar refractivity (Wildman–Crippen MR) is 73.1 cm³/mol. The van der Waals surface area contributed by atoms with Gasteiger partial charge in [0.25, 0.3) is 0 Å². The first-order valence-corrected chi connectivity index (χ1v) is 7.09. The number of anilines is 1. The van der Waals surface area contributed by atoms with Gasteiger partial charge in [-0.3, -0.25) is 0 Å². The zero-order valence-corrected chi connectivity index (χ0v) is 11.1. The zero-order valence-electron chi connectivity index (χ0n) is 10.3. The van der Waals surface area contributed by atoms with Crippen LogP contribution in [0.5, 0.6) is 0 Å². The van der Waals surface area contributed by atoms with Crippen molar-refractivity contribution in [3.05, 3.63) is 30.1 Å². The first-order chi connectivity index (χ1) is 8.13. The highest BCUT2D eigenvalue weighted by Gasteiger charge is 2.49. The molecule has 1 saturated carbocycles. The Morgan fingerprint density at radius 2 is 2.00 bits per heavy atom. The average Bonchev–Trinajstić information content (AvgIpc) is 3.12. The lowest BCUT2D eigenvalue weighted by Crippen LogP contribution is -2.46. The van der Waals surface area contributed by atoms with Crippen molar-refractivity contribution in [3.63, 3.8) is 0 Å². The minimum atomic E-state index is -0.197. The lowest BCUT2D eigenvalue weighted by molar-refractivity contribution is 0.599. The number of nitrogens with two attached hydrogens (primary N) is 1. The summed E-state index contributed by atoms with van der Waals surface area (Å²) in [7, 11) is 2.04. The van der Waals surface area contributed by atoms with Crippen LogP contribution < -0.4 is 10.6 Å². The van der Waals surface area contributed by atoms with E-state index < -0.39 is 0 Å². The fraction of sp³-hybridized carbons (Fsp3) is 0.538. The van der Waals surface area contributed by atoms with Crippen LogP contribution in [0.2, 0.25) is 0 Å². The molecule has 0 aliphatic heterocycles. The standard InChI is InChI=1S/C13H19FN2S/c1-16(11-5-3-10(14)4-6-11)12(9-15)13(17-2)7-8-13/h3-6,12H,7-9,15H2,1-2H3. The van der Waals surface area contributed by atoms with Gasteiger partial charge in [0.1, 0.15) is 5.82 Å². The van der Waals surface area contributed by atoms with Crippen LogP contribution in [0.1, 0.15) is 12.8 Å². The molecule has 1 unspecified atom stereocenters. The first-order valence-electron chi connectivity index (χ1n) is 5.86. The second-order valence-electron chi connectivity index (χ2n) is 4.61. The highest BCUT2D eigenvalue weighted by Crippen LogP contribution is 2.51. The van der Waals surface area contributed by atoms with Crippen molar-refractivity contribution in [1.29, 1.82) is 0 Å². The Morgan fingerprint density at radius 1 is 1.41 bits per heavy atom. The van der Waals surface area contributed by atoms with Gasteiger partial charge in [0.15, 0.2) is 0 Å². The number of thioether (sulfide) groups is 1. The summed E-state index contributed by atoms with van der Waals surface area (Å²) in [5.74, 6) is -0.197. The normalized spacial score (nSPS) is 18.8. The van der Waals surface area contributed by atoms with Crippen molar-refractivity contribution in [2.75, 3.05) is 24.7 Å². The van der Waals surface area contributed by atoms with Gasteiger partial charge in [0, 0.05) is 24.0 Å². The minimum absolute atomic E-state index is 0.197. The van der Waals surface area contributed by atoms with Crippen molar-refractivity contribution < 1.29 is 4.39 Å². The van der Waals surface area contributed by atoms with Crippen molar-refractivity contribution in [3.8, 4) is 0 Å². The third-order valence-corrected chi connectivity index (χ3v) is 5.17. The fourth-order valence-corrected chi connectivity index (χ4v) is 3.42. The van der Waals surface area contributed by atoms with Crippen molar-refractivity contribution >= 4 is 17.4 Å². The van der Waals surface area contributed by atoms with Gasteiger partial charge in [-0.05, 0) is 43.4 Å². The van der Waals surface area contributed by atoms with Crippen molar-refractivity contribution in [1.82, 2.24) is 0 Å². The second kappa shape index (κ2) is 4.86. The molecule has 4 heteroatoms. The van der Waals surface area contributed by atoms with Crippen LogP contribution >= 0.6 is 11.8 Å². The lowest BCUT2D eigenvalue weighted by atomic mass is 10.1. The number of rotatable bonds is 5. The molecular formula is C13H19FN2S. The maximum Gasteiger partial charge on any atom is 0.123 e. The molecule has 2 nitrogen and oxygen atoms in total. The average molecular weight is 254 g/mol. The Bertz CT molecular complexity index is 376. The Hall–Kier alpha value is -0.740. The lowest BCUT2D eigenvalue weighted by Gasteiger charge is -2.35. The van der Waals surface area contributed by atoms with E-state index in [9.17, 15) is 4.39 Å². The molecule has 1 aliphatic carbocycles. The molecule has 1 atom stereocenters. The summed E-state index contributed by atoms with van der Waals surface area (Å²) in [5, 5.41) is 0.